The zero-order valence-corrected chi connectivity index (χ0v) is 13.2. The van der Waals surface area contributed by atoms with Gasteiger partial charge in [-0.2, -0.15) is 0 Å². The molecule has 0 aliphatic carbocycles. The molecule has 1 aromatic rings. The van der Waals surface area contributed by atoms with Crippen molar-refractivity contribution >= 4 is 11.9 Å². The van der Waals surface area contributed by atoms with Crippen LogP contribution in [0.5, 0.6) is 0 Å². The van der Waals surface area contributed by atoms with Gasteiger partial charge in [0.05, 0.1) is 13.1 Å². The number of carbonyl (C=O) groups excluding carboxylic acids is 2. The van der Waals surface area contributed by atoms with Gasteiger partial charge in [0.2, 0.25) is 5.91 Å². The number of hydrogen-bond acceptors (Lipinski definition) is 4. The van der Waals surface area contributed by atoms with Crippen LogP contribution >= 0.6 is 0 Å². The molecule has 3 amide bonds. The van der Waals surface area contributed by atoms with E-state index in [2.05, 4.69) is 20.2 Å². The smallest absolute Gasteiger partial charge is 0.317 e. The highest BCUT2D eigenvalue weighted by Crippen LogP contribution is 2.04. The van der Waals surface area contributed by atoms with Crippen LogP contribution in [0, 0.1) is 0 Å². The van der Waals surface area contributed by atoms with Crippen LogP contribution in [0.25, 0.3) is 0 Å². The molecular formula is C14H24N6O2. The number of amides is 3. The lowest BCUT2D eigenvalue weighted by Gasteiger charge is -2.22. The number of nitrogens with one attached hydrogen (secondary N) is 2. The van der Waals surface area contributed by atoms with Crippen molar-refractivity contribution in [3.63, 3.8) is 0 Å². The van der Waals surface area contributed by atoms with Crippen LogP contribution in [0.3, 0.4) is 0 Å². The predicted molar refractivity (Wildman–Crippen MR) is 82.1 cm³/mol. The van der Waals surface area contributed by atoms with Crippen molar-refractivity contribution < 1.29 is 9.59 Å². The Kier molecular flexibility index (Phi) is 5.76. The first kappa shape index (κ1) is 16.3. The van der Waals surface area contributed by atoms with Crippen LogP contribution in [0.2, 0.25) is 0 Å². The molecule has 0 saturated carbocycles. The lowest BCUT2D eigenvalue weighted by molar-refractivity contribution is -0.129. The molecule has 22 heavy (non-hydrogen) atoms. The van der Waals surface area contributed by atoms with E-state index in [1.165, 1.54) is 0 Å². The molecule has 2 N–H and O–H groups in total. The number of urea groups is 1. The summed E-state index contributed by atoms with van der Waals surface area (Å²) in [5.41, 5.74) is 0. The second kappa shape index (κ2) is 7.79. The number of imidazole rings is 1. The summed E-state index contributed by atoms with van der Waals surface area (Å²) in [4.78, 5) is 36.4. The van der Waals surface area contributed by atoms with E-state index in [4.69, 9.17) is 0 Å². The van der Waals surface area contributed by atoms with Crippen molar-refractivity contribution in [2.24, 2.45) is 0 Å². The molecule has 1 aromatic heterocycles. The summed E-state index contributed by atoms with van der Waals surface area (Å²) in [6.07, 6.45) is 4.26. The van der Waals surface area contributed by atoms with Crippen LogP contribution in [-0.2, 0) is 11.3 Å². The van der Waals surface area contributed by atoms with Gasteiger partial charge in [-0.1, -0.05) is 0 Å². The Labute approximate surface area is 130 Å². The Morgan fingerprint density at radius 2 is 2.14 bits per heavy atom. The molecule has 2 heterocycles. The highest BCUT2D eigenvalue weighted by Gasteiger charge is 2.20. The van der Waals surface area contributed by atoms with Gasteiger partial charge in [0, 0.05) is 52.7 Å². The third-order valence-electron chi connectivity index (χ3n) is 3.70. The van der Waals surface area contributed by atoms with Crippen LogP contribution in [0.15, 0.2) is 12.4 Å². The largest absolute Gasteiger partial charge is 0.348 e. The maximum Gasteiger partial charge on any atom is 0.317 e. The Balaban J connectivity index is 1.77. The van der Waals surface area contributed by atoms with E-state index >= 15 is 0 Å². The molecule has 0 radical (unpaired) electrons. The van der Waals surface area contributed by atoms with Crippen molar-refractivity contribution in [2.45, 2.75) is 13.0 Å². The quantitative estimate of drug-likeness (QED) is 0.801. The zero-order valence-electron chi connectivity index (χ0n) is 13.2. The fourth-order valence-electron chi connectivity index (χ4n) is 2.33. The lowest BCUT2D eigenvalue weighted by atomic mass is 10.3. The maximum absolute atomic E-state index is 12.2. The van der Waals surface area contributed by atoms with Gasteiger partial charge in [-0.25, -0.2) is 9.78 Å². The summed E-state index contributed by atoms with van der Waals surface area (Å²) < 4.78 is 0. The van der Waals surface area contributed by atoms with Crippen LogP contribution in [0.4, 0.5) is 4.79 Å². The molecule has 1 fully saturated rings. The van der Waals surface area contributed by atoms with Crippen molar-refractivity contribution in [3.05, 3.63) is 18.2 Å². The summed E-state index contributed by atoms with van der Waals surface area (Å²) in [6.45, 7) is 3.69. The Bertz CT molecular complexity index is 488. The number of H-pyrrole nitrogens is 1. The van der Waals surface area contributed by atoms with Gasteiger partial charge in [-0.15, -0.1) is 0 Å². The lowest BCUT2D eigenvalue weighted by Crippen LogP contribution is -2.43. The van der Waals surface area contributed by atoms with Gasteiger partial charge in [0.1, 0.15) is 5.82 Å². The Morgan fingerprint density at radius 3 is 2.82 bits per heavy atom. The third kappa shape index (κ3) is 4.73. The van der Waals surface area contributed by atoms with E-state index in [-0.39, 0.29) is 11.9 Å². The molecule has 0 unspecified atom stereocenters. The fraction of sp³-hybridized carbons (Fsp3) is 0.643. The van der Waals surface area contributed by atoms with E-state index in [1.807, 2.05) is 0 Å². The van der Waals surface area contributed by atoms with Crippen LogP contribution in [-0.4, -0.2) is 83.4 Å². The number of aromatic amines is 1. The number of nitrogens with zero attached hydrogens (tertiary/aromatic N) is 4. The summed E-state index contributed by atoms with van der Waals surface area (Å²) in [5, 5.41) is 2.86. The predicted octanol–water partition coefficient (Wildman–Crippen LogP) is -0.285. The monoisotopic (exact) mass is 308 g/mol. The molecule has 2 rings (SSSR count). The van der Waals surface area contributed by atoms with Gasteiger partial charge < -0.3 is 20.1 Å². The molecule has 1 aliphatic heterocycles. The zero-order chi connectivity index (χ0) is 15.9. The summed E-state index contributed by atoms with van der Waals surface area (Å²) in [6, 6.07) is -0.0859. The van der Waals surface area contributed by atoms with Crippen molar-refractivity contribution in [3.8, 4) is 0 Å². The van der Waals surface area contributed by atoms with E-state index in [1.54, 1.807) is 36.3 Å². The van der Waals surface area contributed by atoms with Crippen molar-refractivity contribution in [1.82, 2.24) is 30.0 Å². The third-order valence-corrected chi connectivity index (χ3v) is 3.70. The standard InChI is InChI=1S/C14H24N6O2/c1-18(2)13(21)11-19-6-3-7-20(9-8-19)14(22)17-10-12-15-4-5-16-12/h4-5H,3,6-11H2,1-2H3,(H,15,16)(H,17,22). The minimum Gasteiger partial charge on any atom is -0.348 e. The molecule has 0 spiro atoms. The molecular weight excluding hydrogens is 284 g/mol. The van der Waals surface area contributed by atoms with Gasteiger partial charge in [-0.3, -0.25) is 9.69 Å². The maximum atomic E-state index is 12.2. The average molecular weight is 308 g/mol. The number of carbonyl (C=O) groups is 2. The molecule has 0 atom stereocenters. The highest BCUT2D eigenvalue weighted by molar-refractivity contribution is 5.77. The first-order valence-corrected chi connectivity index (χ1v) is 7.50. The molecule has 0 bridgehead atoms. The summed E-state index contributed by atoms with van der Waals surface area (Å²) >= 11 is 0. The molecule has 1 aliphatic rings. The Hall–Kier alpha value is -2.09. The minimum atomic E-state index is -0.0859. The van der Waals surface area contributed by atoms with Crippen LogP contribution in [0.1, 0.15) is 12.2 Å². The first-order chi connectivity index (χ1) is 10.6. The van der Waals surface area contributed by atoms with Gasteiger partial charge >= 0.3 is 6.03 Å². The van der Waals surface area contributed by atoms with Gasteiger partial charge in [0.25, 0.3) is 0 Å². The van der Waals surface area contributed by atoms with Crippen molar-refractivity contribution in [1.29, 1.82) is 0 Å². The van der Waals surface area contributed by atoms with Gasteiger partial charge in [0.15, 0.2) is 0 Å². The van der Waals surface area contributed by atoms with E-state index in [9.17, 15) is 9.59 Å². The topological polar surface area (TPSA) is 84.6 Å². The molecule has 0 aromatic carbocycles. The highest BCUT2D eigenvalue weighted by atomic mass is 16.2. The van der Waals surface area contributed by atoms with Crippen LogP contribution < -0.4 is 5.32 Å². The average Bonchev–Trinajstić information content (AvgIpc) is 2.90. The van der Waals surface area contributed by atoms with Crippen molar-refractivity contribution in [2.75, 3.05) is 46.8 Å². The van der Waals surface area contributed by atoms with Gasteiger partial charge in [-0.05, 0) is 6.42 Å². The summed E-state index contributed by atoms with van der Waals surface area (Å²) in [7, 11) is 3.52. The number of likely N-dealkylation sites (N-methyl/N-ethyl adjacent to an activating group) is 1. The second-order valence-electron chi connectivity index (χ2n) is 5.60. The molecule has 8 nitrogen and oxygen atoms in total. The molecule has 1 saturated heterocycles. The molecule has 122 valence electrons. The van der Waals surface area contributed by atoms with E-state index in [0.717, 1.165) is 18.8 Å². The second-order valence-corrected chi connectivity index (χ2v) is 5.60. The normalized spacial score (nSPS) is 16.2. The summed E-state index contributed by atoms with van der Waals surface area (Å²) in [5.74, 6) is 0.831. The number of rotatable bonds is 4. The minimum absolute atomic E-state index is 0.0859. The number of aromatic nitrogens is 2. The molecule has 8 heteroatoms. The first-order valence-electron chi connectivity index (χ1n) is 7.50. The Morgan fingerprint density at radius 1 is 1.32 bits per heavy atom. The van der Waals surface area contributed by atoms with E-state index < -0.39 is 0 Å². The van der Waals surface area contributed by atoms with E-state index in [0.29, 0.717) is 32.7 Å². The number of hydrogen-bond donors (Lipinski definition) is 2. The fourth-order valence-corrected chi connectivity index (χ4v) is 2.33. The SMILES string of the molecule is CN(C)C(=O)CN1CCCN(C(=O)NCc2ncc[nH]2)CC1.